The number of alkyl halides is 3. The number of aromatic nitrogens is 3. The van der Waals surface area contributed by atoms with Crippen LogP contribution < -0.4 is 0 Å². The van der Waals surface area contributed by atoms with Gasteiger partial charge >= 0.3 is 12.1 Å². The van der Waals surface area contributed by atoms with E-state index >= 15 is 0 Å². The van der Waals surface area contributed by atoms with Gasteiger partial charge in [-0.1, -0.05) is 0 Å². The summed E-state index contributed by atoms with van der Waals surface area (Å²) in [5, 5.41) is 0. The molecule has 0 atom stereocenters. The van der Waals surface area contributed by atoms with Crippen LogP contribution in [0.25, 0.3) is 11.2 Å². The Balaban J connectivity index is 2.62. The van der Waals surface area contributed by atoms with E-state index in [-0.39, 0.29) is 17.0 Å². The molecule has 2 heterocycles. The van der Waals surface area contributed by atoms with Crippen molar-refractivity contribution >= 4 is 17.1 Å². The SMILES string of the molecule is COC(=O)c1nc2cc(C(F)(F)F)cnc2n1C. The number of hydrogen-bond acceptors (Lipinski definition) is 4. The van der Waals surface area contributed by atoms with E-state index in [0.29, 0.717) is 6.20 Å². The van der Waals surface area contributed by atoms with Crippen molar-refractivity contribution in [3.63, 3.8) is 0 Å². The average Bonchev–Trinajstić information content (AvgIpc) is 2.64. The van der Waals surface area contributed by atoms with Crippen molar-refractivity contribution in [3.05, 3.63) is 23.7 Å². The molecule has 0 radical (unpaired) electrons. The van der Waals surface area contributed by atoms with Crippen LogP contribution in [0.5, 0.6) is 0 Å². The normalized spacial score (nSPS) is 11.8. The fourth-order valence-corrected chi connectivity index (χ4v) is 1.50. The van der Waals surface area contributed by atoms with Gasteiger partial charge in [-0.15, -0.1) is 0 Å². The molecule has 96 valence electrons. The highest BCUT2D eigenvalue weighted by Gasteiger charge is 2.32. The molecule has 0 aliphatic heterocycles. The van der Waals surface area contributed by atoms with Crippen LogP contribution in [0, 0.1) is 0 Å². The van der Waals surface area contributed by atoms with Gasteiger partial charge in [0, 0.05) is 13.2 Å². The fraction of sp³-hybridized carbons (Fsp3) is 0.300. The zero-order valence-electron chi connectivity index (χ0n) is 9.45. The second-order valence-corrected chi connectivity index (χ2v) is 3.55. The zero-order chi connectivity index (χ0) is 13.5. The van der Waals surface area contributed by atoms with Crippen LogP contribution in [0.2, 0.25) is 0 Å². The van der Waals surface area contributed by atoms with Crippen molar-refractivity contribution in [1.82, 2.24) is 14.5 Å². The highest BCUT2D eigenvalue weighted by atomic mass is 19.4. The lowest BCUT2D eigenvalue weighted by Crippen LogP contribution is -2.09. The lowest BCUT2D eigenvalue weighted by atomic mass is 10.2. The van der Waals surface area contributed by atoms with Crippen LogP contribution in [0.4, 0.5) is 13.2 Å². The quantitative estimate of drug-likeness (QED) is 0.732. The first-order valence-electron chi connectivity index (χ1n) is 4.82. The van der Waals surface area contributed by atoms with Gasteiger partial charge in [0.25, 0.3) is 0 Å². The minimum Gasteiger partial charge on any atom is -0.463 e. The summed E-state index contributed by atoms with van der Waals surface area (Å²) in [4.78, 5) is 18.8. The topological polar surface area (TPSA) is 57.0 Å². The summed E-state index contributed by atoms with van der Waals surface area (Å²) < 4.78 is 43.2. The van der Waals surface area contributed by atoms with E-state index in [9.17, 15) is 18.0 Å². The van der Waals surface area contributed by atoms with Crippen molar-refractivity contribution in [3.8, 4) is 0 Å². The number of pyridine rings is 1. The van der Waals surface area contributed by atoms with Gasteiger partial charge in [0.1, 0.15) is 5.52 Å². The molecule has 0 unspecified atom stereocenters. The van der Waals surface area contributed by atoms with Crippen LogP contribution in [0.3, 0.4) is 0 Å². The minimum atomic E-state index is -4.50. The second-order valence-electron chi connectivity index (χ2n) is 3.55. The number of halogens is 3. The first-order valence-corrected chi connectivity index (χ1v) is 4.82. The maximum absolute atomic E-state index is 12.5. The van der Waals surface area contributed by atoms with Gasteiger partial charge < -0.3 is 9.30 Å². The van der Waals surface area contributed by atoms with Crippen molar-refractivity contribution < 1.29 is 22.7 Å². The number of nitrogens with zero attached hydrogens (tertiary/aromatic N) is 3. The number of methoxy groups -OCH3 is 1. The molecule has 0 aliphatic rings. The highest BCUT2D eigenvalue weighted by molar-refractivity contribution is 5.90. The Kier molecular flexibility index (Phi) is 2.72. The Hall–Kier alpha value is -2.12. The van der Waals surface area contributed by atoms with Gasteiger partial charge in [-0.25, -0.2) is 14.8 Å². The predicted octanol–water partition coefficient (Wildman–Crippen LogP) is 1.77. The first kappa shape index (κ1) is 12.3. The van der Waals surface area contributed by atoms with Gasteiger partial charge in [-0.05, 0) is 6.07 Å². The molecule has 2 aromatic heterocycles. The molecule has 8 heteroatoms. The minimum absolute atomic E-state index is 0.00674. The number of esters is 1. The Morgan fingerprint density at radius 3 is 2.67 bits per heavy atom. The highest BCUT2D eigenvalue weighted by Crippen LogP contribution is 2.30. The number of hydrogen-bond donors (Lipinski definition) is 0. The van der Waals surface area contributed by atoms with E-state index in [1.807, 2.05) is 0 Å². The molecule has 0 bridgehead atoms. The van der Waals surface area contributed by atoms with Crippen LogP contribution in [-0.2, 0) is 18.0 Å². The number of aryl methyl sites for hydroxylation is 1. The third-order valence-electron chi connectivity index (χ3n) is 2.40. The van der Waals surface area contributed by atoms with Crippen LogP contribution in [0.1, 0.15) is 16.2 Å². The van der Waals surface area contributed by atoms with E-state index in [0.717, 1.165) is 13.2 Å². The summed E-state index contributed by atoms with van der Waals surface area (Å²) in [5.41, 5.74) is -0.736. The summed E-state index contributed by atoms with van der Waals surface area (Å²) in [7, 11) is 2.64. The molecule has 0 N–H and O–H groups in total. The van der Waals surface area contributed by atoms with Crippen LogP contribution in [-0.4, -0.2) is 27.6 Å². The molecule has 0 fully saturated rings. The molecule has 2 rings (SSSR count). The molecule has 0 saturated heterocycles. The third-order valence-corrected chi connectivity index (χ3v) is 2.40. The molecular formula is C10H8F3N3O2. The zero-order valence-corrected chi connectivity index (χ0v) is 9.45. The number of carbonyl (C=O) groups is 1. The molecule has 0 amide bonds. The monoisotopic (exact) mass is 259 g/mol. The van der Waals surface area contributed by atoms with E-state index < -0.39 is 17.7 Å². The summed E-state index contributed by atoms with van der Waals surface area (Å²) in [5.74, 6) is -0.830. The van der Waals surface area contributed by atoms with E-state index in [1.54, 1.807) is 0 Å². The van der Waals surface area contributed by atoms with E-state index in [4.69, 9.17) is 0 Å². The Morgan fingerprint density at radius 1 is 1.44 bits per heavy atom. The molecule has 0 aliphatic carbocycles. The van der Waals surface area contributed by atoms with Crippen molar-refractivity contribution in [2.75, 3.05) is 7.11 Å². The largest absolute Gasteiger partial charge is 0.463 e. The third kappa shape index (κ3) is 1.89. The number of rotatable bonds is 1. The predicted molar refractivity (Wildman–Crippen MR) is 54.9 cm³/mol. The molecule has 18 heavy (non-hydrogen) atoms. The van der Waals surface area contributed by atoms with Gasteiger partial charge in [0.15, 0.2) is 5.65 Å². The Labute approximate surface area is 99.2 Å². The summed E-state index contributed by atoms with van der Waals surface area (Å²) >= 11 is 0. The molecule has 0 saturated carbocycles. The van der Waals surface area contributed by atoms with Crippen molar-refractivity contribution in [1.29, 1.82) is 0 Å². The summed E-state index contributed by atoms with van der Waals surface area (Å²) in [6.45, 7) is 0. The van der Waals surface area contributed by atoms with Crippen LogP contribution >= 0.6 is 0 Å². The Morgan fingerprint density at radius 2 is 2.11 bits per heavy atom. The second kappa shape index (κ2) is 3.97. The van der Waals surface area contributed by atoms with Crippen LogP contribution in [0.15, 0.2) is 12.3 Å². The maximum Gasteiger partial charge on any atom is 0.417 e. The molecular weight excluding hydrogens is 251 g/mol. The Bertz CT molecular complexity index is 619. The van der Waals surface area contributed by atoms with Gasteiger partial charge in [0.2, 0.25) is 5.82 Å². The molecule has 5 nitrogen and oxygen atoms in total. The number of fused-ring (bicyclic) bond motifs is 1. The van der Waals surface area contributed by atoms with Crippen molar-refractivity contribution in [2.45, 2.75) is 6.18 Å². The first-order chi connectivity index (χ1) is 8.34. The summed E-state index contributed by atoms with van der Waals surface area (Å²) in [6.07, 6.45) is -3.80. The number of ether oxygens (including phenoxy) is 1. The molecule has 0 spiro atoms. The number of carbonyl (C=O) groups excluding carboxylic acids is 1. The summed E-state index contributed by atoms with van der Waals surface area (Å²) in [6, 6.07) is 0.842. The van der Waals surface area contributed by atoms with Gasteiger partial charge in [0.05, 0.1) is 12.7 Å². The lowest BCUT2D eigenvalue weighted by Gasteiger charge is -2.05. The molecule has 2 aromatic rings. The maximum atomic E-state index is 12.5. The van der Waals surface area contributed by atoms with Crippen molar-refractivity contribution in [2.24, 2.45) is 7.05 Å². The standard InChI is InChI=1S/C10H8F3N3O2/c1-16-7-6(15-8(16)9(17)18-2)3-5(4-14-7)10(11,12)13/h3-4H,1-2H3. The average molecular weight is 259 g/mol. The molecule has 0 aromatic carbocycles. The number of imidazole rings is 1. The smallest absolute Gasteiger partial charge is 0.417 e. The van der Waals surface area contributed by atoms with Gasteiger partial charge in [-0.3, -0.25) is 0 Å². The van der Waals surface area contributed by atoms with E-state index in [1.165, 1.54) is 11.6 Å². The lowest BCUT2D eigenvalue weighted by molar-refractivity contribution is -0.137. The van der Waals surface area contributed by atoms with Gasteiger partial charge in [-0.2, -0.15) is 13.2 Å². The fourth-order valence-electron chi connectivity index (χ4n) is 1.50. The van der Waals surface area contributed by atoms with E-state index in [2.05, 4.69) is 14.7 Å².